The summed E-state index contributed by atoms with van der Waals surface area (Å²) >= 11 is 0. The minimum absolute atomic E-state index is 0. The first kappa shape index (κ1) is 21.1. The summed E-state index contributed by atoms with van der Waals surface area (Å²) in [6.45, 7) is 0.663. The lowest BCUT2D eigenvalue weighted by Crippen LogP contribution is -2.38. The Bertz CT molecular complexity index is 940. The zero-order chi connectivity index (χ0) is 18.5. The molecule has 0 fully saturated rings. The smallest absolute Gasteiger partial charge is 0.191 e. The van der Waals surface area contributed by atoms with E-state index in [1.54, 1.807) is 13.1 Å². The van der Waals surface area contributed by atoms with Gasteiger partial charge in [-0.3, -0.25) is 4.99 Å². The second-order valence-electron chi connectivity index (χ2n) is 5.84. The van der Waals surface area contributed by atoms with Crippen LogP contribution in [0.5, 0.6) is 0 Å². The van der Waals surface area contributed by atoms with Crippen LogP contribution in [0.2, 0.25) is 0 Å². The van der Waals surface area contributed by atoms with E-state index in [0.29, 0.717) is 18.9 Å². The molecule has 0 bridgehead atoms. The second kappa shape index (κ2) is 9.63. The zero-order valence-corrected chi connectivity index (χ0v) is 17.0. The Morgan fingerprint density at radius 2 is 1.74 bits per heavy atom. The molecule has 27 heavy (non-hydrogen) atoms. The van der Waals surface area contributed by atoms with Gasteiger partial charge in [-0.15, -0.1) is 24.0 Å². The van der Waals surface area contributed by atoms with Crippen molar-refractivity contribution < 1.29 is 13.2 Å². The SMILES string of the molecule is CN=C(NCCc1c[nH]c2ccc(F)cc12)NCc1cc(F)ccc1F.I. The molecule has 3 rings (SSSR count). The van der Waals surface area contributed by atoms with E-state index in [1.807, 2.05) is 6.20 Å². The Morgan fingerprint density at radius 1 is 1.00 bits per heavy atom. The summed E-state index contributed by atoms with van der Waals surface area (Å²) in [7, 11) is 1.60. The van der Waals surface area contributed by atoms with E-state index in [0.717, 1.165) is 34.7 Å². The van der Waals surface area contributed by atoms with Crippen molar-refractivity contribution in [2.24, 2.45) is 4.99 Å². The minimum atomic E-state index is -0.488. The number of benzene rings is 2. The summed E-state index contributed by atoms with van der Waals surface area (Å²) in [5.41, 5.74) is 2.09. The highest BCUT2D eigenvalue weighted by molar-refractivity contribution is 14.0. The highest BCUT2D eigenvalue weighted by Crippen LogP contribution is 2.19. The van der Waals surface area contributed by atoms with Crippen LogP contribution < -0.4 is 10.6 Å². The average molecular weight is 488 g/mol. The molecule has 144 valence electrons. The molecule has 3 N–H and O–H groups in total. The molecule has 0 amide bonds. The standard InChI is InChI=1S/C19H19F3N4.HI/c1-23-19(26-11-13-8-14(20)2-4-17(13)22)24-7-6-12-10-25-18-5-3-15(21)9-16(12)18;/h2-5,8-10,25H,6-7,11H2,1H3,(H2,23,24,26);1H. The largest absolute Gasteiger partial charge is 0.361 e. The van der Waals surface area contributed by atoms with E-state index in [4.69, 9.17) is 0 Å². The molecule has 0 saturated heterocycles. The van der Waals surface area contributed by atoms with E-state index < -0.39 is 11.6 Å². The number of H-pyrrole nitrogens is 1. The number of hydrogen-bond donors (Lipinski definition) is 3. The van der Waals surface area contributed by atoms with Crippen molar-refractivity contribution in [2.45, 2.75) is 13.0 Å². The predicted octanol–water partition coefficient (Wildman–Crippen LogP) is 4.11. The van der Waals surface area contributed by atoms with Crippen LogP contribution in [-0.2, 0) is 13.0 Å². The van der Waals surface area contributed by atoms with E-state index >= 15 is 0 Å². The van der Waals surface area contributed by atoms with Crippen molar-refractivity contribution in [3.63, 3.8) is 0 Å². The van der Waals surface area contributed by atoms with Crippen LogP contribution in [0, 0.1) is 17.5 Å². The number of halogens is 4. The molecule has 0 aliphatic heterocycles. The van der Waals surface area contributed by atoms with Crippen LogP contribution in [-0.4, -0.2) is 24.5 Å². The van der Waals surface area contributed by atoms with E-state index in [2.05, 4.69) is 20.6 Å². The van der Waals surface area contributed by atoms with Crippen molar-refractivity contribution >= 4 is 40.8 Å². The minimum Gasteiger partial charge on any atom is -0.361 e. The fraction of sp³-hybridized carbons (Fsp3) is 0.211. The normalized spacial score (nSPS) is 11.3. The molecule has 0 atom stereocenters. The molecule has 1 aromatic heterocycles. The molecule has 0 saturated carbocycles. The summed E-state index contributed by atoms with van der Waals surface area (Å²) < 4.78 is 40.2. The fourth-order valence-electron chi connectivity index (χ4n) is 2.75. The second-order valence-corrected chi connectivity index (χ2v) is 5.84. The van der Waals surface area contributed by atoms with Crippen molar-refractivity contribution in [3.05, 3.63) is 71.2 Å². The van der Waals surface area contributed by atoms with Gasteiger partial charge in [-0.2, -0.15) is 0 Å². The highest BCUT2D eigenvalue weighted by Gasteiger charge is 2.07. The maximum Gasteiger partial charge on any atom is 0.191 e. The molecule has 0 spiro atoms. The lowest BCUT2D eigenvalue weighted by Gasteiger charge is -2.12. The van der Waals surface area contributed by atoms with Crippen LogP contribution in [0.1, 0.15) is 11.1 Å². The third kappa shape index (κ3) is 5.38. The summed E-state index contributed by atoms with van der Waals surface area (Å²) in [6, 6.07) is 7.94. The number of nitrogens with zero attached hydrogens (tertiary/aromatic N) is 1. The summed E-state index contributed by atoms with van der Waals surface area (Å²) in [4.78, 5) is 7.17. The van der Waals surface area contributed by atoms with Crippen LogP contribution >= 0.6 is 24.0 Å². The Labute approximate surface area is 172 Å². The maximum atomic E-state index is 13.6. The van der Waals surface area contributed by atoms with Gasteiger partial charge in [0.15, 0.2) is 5.96 Å². The van der Waals surface area contributed by atoms with Gasteiger partial charge in [0.2, 0.25) is 0 Å². The summed E-state index contributed by atoms with van der Waals surface area (Å²) in [5, 5.41) is 6.89. The third-order valence-electron chi connectivity index (χ3n) is 4.09. The van der Waals surface area contributed by atoms with Gasteiger partial charge in [0.05, 0.1) is 0 Å². The predicted molar refractivity (Wildman–Crippen MR) is 112 cm³/mol. The fourth-order valence-corrected chi connectivity index (χ4v) is 2.75. The first-order chi connectivity index (χ1) is 12.6. The van der Waals surface area contributed by atoms with Crippen LogP contribution in [0.25, 0.3) is 10.9 Å². The number of aliphatic imine (C=N–C) groups is 1. The number of hydrogen-bond acceptors (Lipinski definition) is 1. The summed E-state index contributed by atoms with van der Waals surface area (Å²) in [6.07, 6.45) is 2.50. The Morgan fingerprint density at radius 3 is 2.52 bits per heavy atom. The van der Waals surface area contributed by atoms with Gasteiger partial charge in [-0.1, -0.05) is 0 Å². The maximum absolute atomic E-state index is 13.6. The lowest BCUT2D eigenvalue weighted by atomic mass is 10.1. The molecule has 3 aromatic rings. The highest BCUT2D eigenvalue weighted by atomic mass is 127. The molecule has 1 heterocycles. The molecular weight excluding hydrogens is 468 g/mol. The van der Waals surface area contributed by atoms with Crippen molar-refractivity contribution in [1.82, 2.24) is 15.6 Å². The number of nitrogens with one attached hydrogen (secondary N) is 3. The number of aromatic amines is 1. The zero-order valence-electron chi connectivity index (χ0n) is 14.7. The first-order valence-electron chi connectivity index (χ1n) is 8.21. The molecule has 2 aromatic carbocycles. The Balaban J connectivity index is 0.00000261. The molecule has 8 heteroatoms. The molecule has 0 unspecified atom stereocenters. The van der Waals surface area contributed by atoms with Crippen LogP contribution in [0.4, 0.5) is 13.2 Å². The Kier molecular flexibility index (Phi) is 7.52. The van der Waals surface area contributed by atoms with Gasteiger partial charge in [0, 0.05) is 42.8 Å². The van der Waals surface area contributed by atoms with Crippen molar-refractivity contribution in [2.75, 3.05) is 13.6 Å². The monoisotopic (exact) mass is 488 g/mol. The van der Waals surface area contributed by atoms with E-state index in [9.17, 15) is 13.2 Å². The van der Waals surface area contributed by atoms with Crippen LogP contribution in [0.15, 0.2) is 47.6 Å². The van der Waals surface area contributed by atoms with E-state index in [-0.39, 0.29) is 41.9 Å². The van der Waals surface area contributed by atoms with Gasteiger partial charge in [0.25, 0.3) is 0 Å². The number of fused-ring (bicyclic) bond motifs is 1. The van der Waals surface area contributed by atoms with Gasteiger partial charge in [-0.25, -0.2) is 13.2 Å². The average Bonchev–Trinajstić information content (AvgIpc) is 3.02. The quantitative estimate of drug-likeness (QED) is 0.288. The molecule has 4 nitrogen and oxygen atoms in total. The van der Waals surface area contributed by atoms with Crippen LogP contribution in [0.3, 0.4) is 0 Å². The number of guanidine groups is 1. The Hall–Kier alpha value is -2.23. The molecule has 0 aliphatic carbocycles. The molecule has 0 aliphatic rings. The van der Waals surface area contributed by atoms with Gasteiger partial charge >= 0.3 is 0 Å². The lowest BCUT2D eigenvalue weighted by molar-refractivity contribution is 0.581. The molecule has 0 radical (unpaired) electrons. The first-order valence-corrected chi connectivity index (χ1v) is 8.21. The van der Waals surface area contributed by atoms with Gasteiger partial charge in [0.1, 0.15) is 17.5 Å². The van der Waals surface area contributed by atoms with E-state index in [1.165, 1.54) is 12.1 Å². The topological polar surface area (TPSA) is 52.2 Å². The number of aromatic nitrogens is 1. The van der Waals surface area contributed by atoms with Gasteiger partial charge < -0.3 is 15.6 Å². The van der Waals surface area contributed by atoms with Gasteiger partial charge in [-0.05, 0) is 48.4 Å². The van der Waals surface area contributed by atoms with Crippen molar-refractivity contribution in [1.29, 1.82) is 0 Å². The molecular formula is C19H20F3IN4. The third-order valence-corrected chi connectivity index (χ3v) is 4.09. The van der Waals surface area contributed by atoms with Crippen molar-refractivity contribution in [3.8, 4) is 0 Å². The summed E-state index contributed by atoms with van der Waals surface area (Å²) in [5.74, 6) is -0.770. The number of rotatable bonds is 5.